The highest BCUT2D eigenvalue weighted by atomic mass is 35.5. The Labute approximate surface area is 225 Å². The molecule has 4 rings (SSSR count). The number of hydrogen-bond donors (Lipinski definition) is 1. The zero-order valence-corrected chi connectivity index (χ0v) is 21.8. The number of carbonyl (C=O) groups is 2. The van der Waals surface area contributed by atoms with Gasteiger partial charge < -0.3 is 10.5 Å². The first-order valence-electron chi connectivity index (χ1n) is 10.1. The van der Waals surface area contributed by atoms with Crippen molar-refractivity contribution < 1.29 is 14.3 Å². The molecule has 2 aliphatic heterocycles. The predicted octanol–water partition coefficient (Wildman–Crippen LogP) is 6.48. The Kier molecular flexibility index (Phi) is 7.41. The summed E-state index contributed by atoms with van der Waals surface area (Å²) in [5.41, 5.74) is 7.54. The van der Waals surface area contributed by atoms with Crippen molar-refractivity contribution in [2.75, 3.05) is 6.61 Å². The average molecular weight is 567 g/mol. The quantitative estimate of drug-likeness (QED) is 0.425. The molecule has 2 aliphatic rings. The van der Waals surface area contributed by atoms with Gasteiger partial charge in [0.2, 0.25) is 0 Å². The lowest BCUT2D eigenvalue weighted by molar-refractivity contribution is -0.138. The Morgan fingerprint density at radius 1 is 1.11 bits per heavy atom. The zero-order chi connectivity index (χ0) is 25.4. The number of esters is 1. The lowest BCUT2D eigenvalue weighted by Gasteiger charge is -2.37. The zero-order valence-electron chi connectivity index (χ0n) is 17.9. The summed E-state index contributed by atoms with van der Waals surface area (Å²) in [7, 11) is 0. The molecule has 0 bridgehead atoms. The van der Waals surface area contributed by atoms with Crippen molar-refractivity contribution in [3.63, 3.8) is 0 Å². The van der Waals surface area contributed by atoms with Crippen LogP contribution in [0.4, 0.5) is 0 Å². The highest BCUT2D eigenvalue weighted by Gasteiger charge is 2.43. The largest absolute Gasteiger partial charge is 0.463 e. The minimum absolute atomic E-state index is 0.00975. The van der Waals surface area contributed by atoms with Crippen LogP contribution in [0.3, 0.4) is 0 Å². The molecule has 0 aliphatic carbocycles. The van der Waals surface area contributed by atoms with Crippen molar-refractivity contribution in [3.05, 3.63) is 95.7 Å². The lowest BCUT2D eigenvalue weighted by Crippen LogP contribution is -2.40. The molecule has 0 saturated carbocycles. The molecule has 6 nitrogen and oxygen atoms in total. The first-order valence-corrected chi connectivity index (χ1v) is 12.5. The maximum Gasteiger partial charge on any atom is 0.337 e. The number of fused-ring (bicyclic) bond motifs is 1. The van der Waals surface area contributed by atoms with Crippen molar-refractivity contribution in [1.29, 1.82) is 5.26 Å². The Hall–Kier alpha value is -2.60. The normalized spacial score (nSPS) is 17.7. The number of rotatable bonds is 4. The Balaban J connectivity index is 1.97. The number of amides is 1. The van der Waals surface area contributed by atoms with E-state index in [2.05, 4.69) is 6.07 Å². The van der Waals surface area contributed by atoms with Gasteiger partial charge >= 0.3 is 5.97 Å². The van der Waals surface area contributed by atoms with Gasteiger partial charge in [-0.25, -0.2) is 4.79 Å². The third-order valence-corrected chi connectivity index (χ3v) is 7.95. The van der Waals surface area contributed by atoms with Crippen molar-refractivity contribution >= 4 is 74.9 Å². The van der Waals surface area contributed by atoms with E-state index in [-0.39, 0.29) is 33.6 Å². The summed E-state index contributed by atoms with van der Waals surface area (Å²) < 4.78 is 5.34. The molecule has 1 amide bonds. The van der Waals surface area contributed by atoms with Crippen LogP contribution < -0.4 is 5.73 Å². The molecule has 11 heteroatoms. The Bertz CT molecular complexity index is 1410. The van der Waals surface area contributed by atoms with E-state index in [4.69, 9.17) is 56.9 Å². The number of carbonyl (C=O) groups excluding carboxylic acids is 2. The van der Waals surface area contributed by atoms with Gasteiger partial charge in [0.15, 0.2) is 0 Å². The molecule has 1 unspecified atom stereocenters. The number of hydrogen-bond acceptors (Lipinski definition) is 6. The van der Waals surface area contributed by atoms with Crippen LogP contribution in [-0.2, 0) is 14.3 Å². The van der Waals surface area contributed by atoms with Crippen molar-refractivity contribution in [3.8, 4) is 6.07 Å². The van der Waals surface area contributed by atoms with Crippen LogP contribution in [0.5, 0.6) is 0 Å². The predicted molar refractivity (Wildman–Crippen MR) is 139 cm³/mol. The molecule has 1 atom stereocenters. The van der Waals surface area contributed by atoms with Gasteiger partial charge in [-0.05, 0) is 42.3 Å². The second-order valence-corrected chi connectivity index (χ2v) is 10.0. The molecule has 0 spiro atoms. The summed E-state index contributed by atoms with van der Waals surface area (Å²) in [6.07, 6.45) is 1.36. The van der Waals surface area contributed by atoms with E-state index in [1.165, 1.54) is 6.08 Å². The van der Waals surface area contributed by atoms with Gasteiger partial charge in [-0.1, -0.05) is 70.3 Å². The third-order valence-electron chi connectivity index (χ3n) is 5.31. The van der Waals surface area contributed by atoms with Crippen LogP contribution in [0.15, 0.2) is 64.5 Å². The molecule has 2 N–H and O–H groups in total. The van der Waals surface area contributed by atoms with Crippen molar-refractivity contribution in [1.82, 2.24) is 4.90 Å². The topological polar surface area (TPSA) is 96.4 Å². The number of ether oxygens (including phenoxy) is 1. The molecule has 0 fully saturated rings. The number of benzene rings is 2. The molecule has 35 heavy (non-hydrogen) atoms. The molecule has 2 heterocycles. The smallest absolute Gasteiger partial charge is 0.337 e. The van der Waals surface area contributed by atoms with Gasteiger partial charge in [0.1, 0.15) is 10.9 Å². The van der Waals surface area contributed by atoms with E-state index in [0.29, 0.717) is 31.1 Å². The fraction of sp³-hybridized carbons (Fsp3) is 0.125. The van der Waals surface area contributed by atoms with Gasteiger partial charge in [-0.15, -0.1) is 0 Å². The molecular formula is C24H15Cl4N3O3S. The van der Waals surface area contributed by atoms with Crippen LogP contribution in [0.25, 0.3) is 4.91 Å². The standard InChI is InChI=1S/C24H15Cl4N3O3S/c1-2-34-24(33)21-20(12-4-6-15(26)17(28)8-12)13(10-29)22(30)31-19(32)9-18(35-23(21)31)11-3-5-14(25)16(27)7-11/h3-9,20H,2,30H2,1H3. The molecule has 0 saturated heterocycles. The summed E-state index contributed by atoms with van der Waals surface area (Å²) in [5, 5.41) is 11.4. The molecule has 0 radical (unpaired) electrons. The minimum atomic E-state index is -0.937. The van der Waals surface area contributed by atoms with E-state index in [1.54, 1.807) is 43.3 Å². The van der Waals surface area contributed by atoms with Crippen molar-refractivity contribution in [2.45, 2.75) is 12.8 Å². The highest BCUT2D eigenvalue weighted by Crippen LogP contribution is 2.50. The van der Waals surface area contributed by atoms with E-state index in [9.17, 15) is 14.9 Å². The van der Waals surface area contributed by atoms with E-state index >= 15 is 0 Å². The van der Waals surface area contributed by atoms with Crippen LogP contribution in [0.1, 0.15) is 24.0 Å². The lowest BCUT2D eigenvalue weighted by atomic mass is 9.83. The fourth-order valence-electron chi connectivity index (χ4n) is 3.75. The molecular weight excluding hydrogens is 552 g/mol. The van der Waals surface area contributed by atoms with Gasteiger partial charge in [0.25, 0.3) is 5.91 Å². The van der Waals surface area contributed by atoms with Gasteiger partial charge in [-0.3, -0.25) is 9.69 Å². The SMILES string of the molecule is CCOC(=O)C1=C2SC(c3ccc(Cl)c(Cl)c3)=CC(=O)N2C(N)=C(C#N)C1c1ccc(Cl)c(Cl)c1. The van der Waals surface area contributed by atoms with Crippen LogP contribution in [-0.4, -0.2) is 23.4 Å². The van der Waals surface area contributed by atoms with E-state index in [1.807, 2.05) is 0 Å². The van der Waals surface area contributed by atoms with Crippen LogP contribution in [0.2, 0.25) is 20.1 Å². The molecule has 2 aromatic rings. The molecule has 178 valence electrons. The summed E-state index contributed by atoms with van der Waals surface area (Å²) in [4.78, 5) is 28.2. The van der Waals surface area contributed by atoms with E-state index in [0.717, 1.165) is 16.7 Å². The monoisotopic (exact) mass is 565 g/mol. The minimum Gasteiger partial charge on any atom is -0.463 e. The van der Waals surface area contributed by atoms with Crippen LogP contribution in [0, 0.1) is 11.3 Å². The van der Waals surface area contributed by atoms with E-state index < -0.39 is 17.8 Å². The summed E-state index contributed by atoms with van der Waals surface area (Å²) >= 11 is 25.7. The average Bonchev–Trinajstić information content (AvgIpc) is 2.82. The maximum absolute atomic E-state index is 13.3. The second-order valence-electron chi connectivity index (χ2n) is 7.37. The van der Waals surface area contributed by atoms with Crippen molar-refractivity contribution in [2.24, 2.45) is 5.73 Å². The number of nitriles is 1. The number of halogens is 4. The Morgan fingerprint density at radius 2 is 1.77 bits per heavy atom. The molecule has 2 aromatic carbocycles. The van der Waals surface area contributed by atoms with Gasteiger partial charge in [0.05, 0.1) is 49.8 Å². The first-order chi connectivity index (χ1) is 16.7. The fourth-order valence-corrected chi connectivity index (χ4v) is 5.56. The van der Waals surface area contributed by atoms with Gasteiger partial charge in [0, 0.05) is 11.0 Å². The van der Waals surface area contributed by atoms with Gasteiger partial charge in [-0.2, -0.15) is 5.26 Å². The number of nitrogens with two attached hydrogens (primary N) is 1. The Morgan fingerprint density at radius 3 is 2.37 bits per heavy atom. The summed E-state index contributed by atoms with van der Waals surface area (Å²) in [5.74, 6) is -2.25. The summed E-state index contributed by atoms with van der Waals surface area (Å²) in [6, 6.07) is 11.8. The summed E-state index contributed by atoms with van der Waals surface area (Å²) in [6.45, 7) is 1.74. The maximum atomic E-state index is 13.3. The number of nitrogens with zero attached hydrogens (tertiary/aromatic N) is 2. The first kappa shape index (κ1) is 25.5. The number of thioether (sulfide) groups is 1. The van der Waals surface area contributed by atoms with Crippen LogP contribution >= 0.6 is 58.2 Å². The third kappa shape index (κ3) is 4.65. The highest BCUT2D eigenvalue weighted by molar-refractivity contribution is 8.11. The number of allylic oxidation sites excluding steroid dienone is 1. The molecule has 0 aromatic heterocycles. The second kappa shape index (κ2) is 10.2.